The van der Waals surface area contributed by atoms with Gasteiger partial charge in [0.2, 0.25) is 11.8 Å². The molecule has 0 aromatic heterocycles. The zero-order valence-electron chi connectivity index (χ0n) is 23.3. The molecule has 1 heterocycles. The number of amides is 2. The van der Waals surface area contributed by atoms with Crippen molar-refractivity contribution in [2.75, 3.05) is 7.11 Å². The second kappa shape index (κ2) is 12.9. The number of nitrogens with zero attached hydrogens (tertiary/aromatic N) is 1. The number of methoxy groups -OCH3 is 1. The summed E-state index contributed by atoms with van der Waals surface area (Å²) in [5.41, 5.74) is 3.36. The third-order valence-corrected chi connectivity index (χ3v) is 8.07. The van der Waals surface area contributed by atoms with Gasteiger partial charge in [-0.1, -0.05) is 79.6 Å². The van der Waals surface area contributed by atoms with Crippen LogP contribution in [0.1, 0.15) is 60.4 Å². The quantitative estimate of drug-likeness (QED) is 0.362. The molecule has 0 bridgehead atoms. The Morgan fingerprint density at radius 2 is 1.66 bits per heavy atom. The number of benzene rings is 3. The molecule has 0 radical (unpaired) electrons. The van der Waals surface area contributed by atoms with Gasteiger partial charge in [-0.15, -0.1) is 0 Å². The normalized spacial score (nSPS) is 17.4. The minimum Gasteiger partial charge on any atom is -0.493 e. The highest BCUT2D eigenvalue weighted by Crippen LogP contribution is 2.40. The van der Waals surface area contributed by atoms with Crippen LogP contribution in [0.2, 0.25) is 0 Å². The van der Waals surface area contributed by atoms with Crippen molar-refractivity contribution in [1.82, 2.24) is 10.2 Å². The summed E-state index contributed by atoms with van der Waals surface area (Å²) in [6.45, 7) is 0.517. The van der Waals surface area contributed by atoms with E-state index in [1.165, 1.54) is 0 Å². The molecule has 0 spiro atoms. The summed E-state index contributed by atoms with van der Waals surface area (Å²) in [6, 6.07) is 21.1. The average Bonchev–Trinajstić information content (AvgIpc) is 3.54. The van der Waals surface area contributed by atoms with E-state index >= 15 is 0 Å². The summed E-state index contributed by atoms with van der Waals surface area (Å²) in [5, 5.41) is 12.8. The molecule has 2 amide bonds. The summed E-state index contributed by atoms with van der Waals surface area (Å²) in [5.74, 6) is -0.440. The molecule has 2 N–H and O–H groups in total. The van der Waals surface area contributed by atoms with E-state index in [1.807, 2.05) is 72.8 Å². The zero-order chi connectivity index (χ0) is 28.8. The number of fused-ring (bicyclic) bond motifs is 1. The highest BCUT2D eigenvalue weighted by Gasteiger charge is 2.38. The Bertz CT molecular complexity index is 1370. The summed E-state index contributed by atoms with van der Waals surface area (Å²) in [7, 11) is 1.57. The Balaban J connectivity index is 1.46. The van der Waals surface area contributed by atoms with Gasteiger partial charge in [0.05, 0.1) is 13.5 Å². The average molecular weight is 557 g/mol. The van der Waals surface area contributed by atoms with Crippen LogP contribution >= 0.6 is 0 Å². The lowest BCUT2D eigenvalue weighted by atomic mass is 9.89. The molecule has 3 aromatic rings. The predicted octanol–water partition coefficient (Wildman–Crippen LogP) is 5.05. The predicted molar refractivity (Wildman–Crippen MR) is 153 cm³/mol. The lowest BCUT2D eigenvalue weighted by Gasteiger charge is -2.39. The first-order valence-corrected chi connectivity index (χ1v) is 14.2. The van der Waals surface area contributed by atoms with Gasteiger partial charge < -0.3 is 24.8 Å². The summed E-state index contributed by atoms with van der Waals surface area (Å²) < 4.78 is 11.9. The van der Waals surface area contributed by atoms with Gasteiger partial charge in [0, 0.05) is 24.1 Å². The number of rotatable bonds is 10. The number of carbonyl (C=O) groups excluding carboxylic acids is 2. The number of ether oxygens (including phenoxy) is 2. The van der Waals surface area contributed by atoms with Crippen molar-refractivity contribution in [2.24, 2.45) is 5.92 Å². The highest BCUT2D eigenvalue weighted by atomic mass is 16.5. The number of carboxylic acid groups (broad SMARTS) is 1. The third kappa shape index (κ3) is 6.53. The molecule has 2 aliphatic rings. The van der Waals surface area contributed by atoms with E-state index in [9.17, 15) is 19.5 Å². The summed E-state index contributed by atoms with van der Waals surface area (Å²) in [6.07, 6.45) is 3.68. The topological polar surface area (TPSA) is 105 Å². The van der Waals surface area contributed by atoms with Gasteiger partial charge in [-0.05, 0) is 42.0 Å². The van der Waals surface area contributed by atoms with Gasteiger partial charge in [-0.3, -0.25) is 14.4 Å². The molecule has 1 fully saturated rings. The number of hydrogen-bond acceptors (Lipinski definition) is 5. The molecular weight excluding hydrogens is 520 g/mol. The molecule has 1 aliphatic carbocycles. The number of nitrogens with one attached hydrogen (secondary N) is 1. The standard InChI is InChI=1S/C33H36N2O6/c1-40-28-17-16-25-20-35(26(19-29(36)37)18-27(25)31(28)41-21-22-10-4-2-5-11-22)33(39)30(23-12-6-3-7-13-23)34-32(38)24-14-8-9-15-24/h2-7,10-13,16-17,24,26,30H,8-9,14-15,18-21H2,1H3,(H,34,38)(H,36,37)/t26-,30+/m1/s1. The molecule has 8 heteroatoms. The first-order chi connectivity index (χ1) is 19.9. The van der Waals surface area contributed by atoms with Crippen LogP contribution in [0.15, 0.2) is 72.8 Å². The van der Waals surface area contributed by atoms with Crippen molar-refractivity contribution in [3.63, 3.8) is 0 Å². The van der Waals surface area contributed by atoms with Crippen molar-refractivity contribution < 1.29 is 29.0 Å². The van der Waals surface area contributed by atoms with E-state index in [2.05, 4.69) is 5.32 Å². The van der Waals surface area contributed by atoms with Crippen LogP contribution in [0.5, 0.6) is 11.5 Å². The SMILES string of the molecule is COc1ccc2c(c1OCc1ccccc1)C[C@H](CC(=O)O)N(C(=O)[C@@H](NC(=O)C1CCCC1)c1ccccc1)C2. The van der Waals surface area contributed by atoms with Crippen molar-refractivity contribution in [2.45, 2.75) is 63.8 Å². The summed E-state index contributed by atoms with van der Waals surface area (Å²) >= 11 is 0. The number of aliphatic carboxylic acids is 1. The van der Waals surface area contributed by atoms with Gasteiger partial charge in [-0.2, -0.15) is 0 Å². The van der Waals surface area contributed by atoms with Gasteiger partial charge in [0.25, 0.3) is 0 Å². The Kier molecular flexibility index (Phi) is 8.87. The molecule has 0 saturated heterocycles. The molecule has 0 unspecified atom stereocenters. The first kappa shape index (κ1) is 28.2. The van der Waals surface area contributed by atoms with Crippen LogP contribution in [0.3, 0.4) is 0 Å². The molecule has 1 aliphatic heterocycles. The van der Waals surface area contributed by atoms with E-state index in [4.69, 9.17) is 9.47 Å². The molecule has 5 rings (SSSR count). The maximum absolute atomic E-state index is 14.2. The smallest absolute Gasteiger partial charge is 0.305 e. The van der Waals surface area contributed by atoms with E-state index < -0.39 is 18.1 Å². The second-order valence-electron chi connectivity index (χ2n) is 10.8. The Morgan fingerprint density at radius 3 is 2.32 bits per heavy atom. The maximum atomic E-state index is 14.2. The number of hydrogen-bond donors (Lipinski definition) is 2. The van der Waals surface area contributed by atoms with E-state index in [0.29, 0.717) is 23.7 Å². The van der Waals surface area contributed by atoms with Crippen molar-refractivity contribution >= 4 is 17.8 Å². The van der Waals surface area contributed by atoms with Gasteiger partial charge >= 0.3 is 5.97 Å². The molecule has 214 valence electrons. The Hall–Kier alpha value is -4.33. The maximum Gasteiger partial charge on any atom is 0.305 e. The molecule has 3 aromatic carbocycles. The molecule has 8 nitrogen and oxygen atoms in total. The minimum absolute atomic E-state index is 0.109. The fourth-order valence-corrected chi connectivity index (χ4v) is 5.92. The van der Waals surface area contributed by atoms with Crippen LogP contribution in [0.25, 0.3) is 0 Å². The number of carboxylic acids is 1. The molecular formula is C33H36N2O6. The van der Waals surface area contributed by atoms with E-state index in [-0.39, 0.29) is 37.1 Å². The van der Waals surface area contributed by atoms with Gasteiger partial charge in [-0.25, -0.2) is 0 Å². The lowest BCUT2D eigenvalue weighted by molar-refractivity contribution is -0.144. The minimum atomic E-state index is -1.00. The van der Waals surface area contributed by atoms with Crippen LogP contribution in [-0.2, 0) is 34.0 Å². The first-order valence-electron chi connectivity index (χ1n) is 14.2. The Morgan fingerprint density at radius 1 is 0.976 bits per heavy atom. The van der Waals surface area contributed by atoms with Crippen LogP contribution in [-0.4, -0.2) is 40.9 Å². The lowest BCUT2D eigenvalue weighted by Crippen LogP contribution is -2.51. The monoisotopic (exact) mass is 556 g/mol. The summed E-state index contributed by atoms with van der Waals surface area (Å²) in [4.78, 5) is 41.0. The zero-order valence-corrected chi connectivity index (χ0v) is 23.3. The fraction of sp³-hybridized carbons (Fsp3) is 0.364. The van der Waals surface area contributed by atoms with Crippen molar-refractivity contribution in [3.8, 4) is 11.5 Å². The second-order valence-corrected chi connectivity index (χ2v) is 10.8. The van der Waals surface area contributed by atoms with Gasteiger partial charge in [0.15, 0.2) is 11.5 Å². The van der Waals surface area contributed by atoms with Crippen LogP contribution in [0, 0.1) is 5.92 Å². The van der Waals surface area contributed by atoms with Gasteiger partial charge in [0.1, 0.15) is 12.6 Å². The van der Waals surface area contributed by atoms with Crippen molar-refractivity contribution in [3.05, 3.63) is 95.1 Å². The van der Waals surface area contributed by atoms with E-state index in [0.717, 1.165) is 42.4 Å². The number of carbonyl (C=O) groups is 3. The largest absolute Gasteiger partial charge is 0.493 e. The molecule has 2 atom stereocenters. The van der Waals surface area contributed by atoms with E-state index in [1.54, 1.807) is 12.0 Å². The molecule has 41 heavy (non-hydrogen) atoms. The van der Waals surface area contributed by atoms with Crippen molar-refractivity contribution in [1.29, 1.82) is 0 Å². The van der Waals surface area contributed by atoms with Crippen LogP contribution in [0.4, 0.5) is 0 Å². The Labute approximate surface area is 240 Å². The van der Waals surface area contributed by atoms with Crippen LogP contribution < -0.4 is 14.8 Å². The molecule has 1 saturated carbocycles. The highest BCUT2D eigenvalue weighted by molar-refractivity contribution is 5.90. The fourth-order valence-electron chi connectivity index (χ4n) is 5.92. The third-order valence-electron chi connectivity index (χ3n) is 8.07.